The number of rotatable bonds is 11. The van der Waals surface area contributed by atoms with Crippen LogP contribution < -0.4 is 5.32 Å². The minimum absolute atomic E-state index is 0.0125. The van der Waals surface area contributed by atoms with Crippen LogP contribution in [0.15, 0.2) is 0 Å². The lowest BCUT2D eigenvalue weighted by molar-refractivity contribution is -0.138. The molecule has 21 heavy (non-hydrogen) atoms. The molecule has 0 radical (unpaired) electrons. The second-order valence-corrected chi connectivity index (χ2v) is 6.32. The van der Waals surface area contributed by atoms with E-state index in [4.69, 9.17) is 14.6 Å². The summed E-state index contributed by atoms with van der Waals surface area (Å²) in [7, 11) is 1.68. The van der Waals surface area contributed by atoms with Crippen molar-refractivity contribution in [3.63, 3.8) is 0 Å². The number of nitrogens with one attached hydrogen (secondary N) is 1. The first-order valence-electron chi connectivity index (χ1n) is 7.25. The largest absolute Gasteiger partial charge is 0.481 e. The van der Waals surface area contributed by atoms with Gasteiger partial charge in [0.2, 0.25) is 5.91 Å². The number of carboxylic acids is 1. The zero-order valence-corrected chi connectivity index (χ0v) is 13.8. The van der Waals surface area contributed by atoms with Crippen molar-refractivity contribution in [3.05, 3.63) is 0 Å². The average Bonchev–Trinajstić information content (AvgIpc) is 2.35. The average molecular weight is 303 g/mol. The van der Waals surface area contributed by atoms with Crippen LogP contribution in [-0.4, -0.2) is 48.4 Å². The molecule has 0 bridgehead atoms. The Kier molecular flexibility index (Phi) is 8.51. The van der Waals surface area contributed by atoms with Gasteiger partial charge in [0, 0.05) is 20.1 Å². The van der Waals surface area contributed by atoms with E-state index in [-0.39, 0.29) is 30.0 Å². The molecule has 0 saturated heterocycles. The van der Waals surface area contributed by atoms with E-state index in [9.17, 15) is 9.59 Å². The Bertz CT molecular complexity index is 339. The molecule has 0 aliphatic carbocycles. The van der Waals surface area contributed by atoms with Gasteiger partial charge in [0.05, 0.1) is 24.2 Å². The third-order valence-electron chi connectivity index (χ3n) is 3.36. The normalized spacial score (nSPS) is 12.2. The van der Waals surface area contributed by atoms with Gasteiger partial charge in [-0.3, -0.25) is 9.59 Å². The fraction of sp³-hybridized carbons (Fsp3) is 0.867. The summed E-state index contributed by atoms with van der Waals surface area (Å²) in [5.74, 6) is -1.21. The van der Waals surface area contributed by atoms with Crippen molar-refractivity contribution in [1.82, 2.24) is 5.32 Å². The fourth-order valence-corrected chi connectivity index (χ4v) is 1.56. The molecule has 0 saturated carbocycles. The second kappa shape index (κ2) is 9.00. The summed E-state index contributed by atoms with van der Waals surface area (Å²) < 4.78 is 11.1. The summed E-state index contributed by atoms with van der Waals surface area (Å²) in [5, 5.41) is 11.2. The lowest BCUT2D eigenvalue weighted by Crippen LogP contribution is -2.34. The Hall–Kier alpha value is -1.14. The van der Waals surface area contributed by atoms with E-state index in [1.54, 1.807) is 7.11 Å². The predicted octanol–water partition coefficient (Wildman–Crippen LogP) is 1.97. The molecule has 2 N–H and O–H groups in total. The first-order valence-corrected chi connectivity index (χ1v) is 7.25. The topological polar surface area (TPSA) is 84.9 Å². The maximum absolute atomic E-state index is 11.4. The van der Waals surface area contributed by atoms with Crippen molar-refractivity contribution in [2.75, 3.05) is 20.3 Å². The lowest BCUT2D eigenvalue weighted by atomic mass is 10.0. The summed E-state index contributed by atoms with van der Waals surface area (Å²) in [6, 6.07) is 0. The van der Waals surface area contributed by atoms with Crippen LogP contribution >= 0.6 is 0 Å². The van der Waals surface area contributed by atoms with Crippen LogP contribution in [0.3, 0.4) is 0 Å². The van der Waals surface area contributed by atoms with Crippen molar-refractivity contribution in [3.8, 4) is 0 Å². The molecule has 0 fully saturated rings. The van der Waals surface area contributed by atoms with Crippen LogP contribution in [0.4, 0.5) is 0 Å². The summed E-state index contributed by atoms with van der Waals surface area (Å²) in [6.45, 7) is 9.00. The zero-order chi connectivity index (χ0) is 16.5. The molecule has 0 atom stereocenters. The summed E-state index contributed by atoms with van der Waals surface area (Å²) in [4.78, 5) is 21.7. The first-order chi connectivity index (χ1) is 9.58. The van der Waals surface area contributed by atoms with E-state index in [1.807, 2.05) is 27.7 Å². The monoisotopic (exact) mass is 303 g/mol. The molecule has 0 heterocycles. The van der Waals surface area contributed by atoms with Gasteiger partial charge in [0.25, 0.3) is 0 Å². The third-order valence-corrected chi connectivity index (χ3v) is 3.36. The molecular weight excluding hydrogens is 274 g/mol. The molecular formula is C15H29NO5. The highest BCUT2D eigenvalue weighted by Gasteiger charge is 2.21. The number of ether oxygens (including phenoxy) is 2. The molecule has 0 aliphatic rings. The van der Waals surface area contributed by atoms with Crippen LogP contribution in [-0.2, 0) is 19.1 Å². The Balaban J connectivity index is 3.87. The summed E-state index contributed by atoms with van der Waals surface area (Å²) in [5.41, 5.74) is -0.551. The first kappa shape index (κ1) is 19.9. The van der Waals surface area contributed by atoms with Crippen LogP contribution in [0.1, 0.15) is 53.4 Å². The minimum Gasteiger partial charge on any atom is -0.481 e. The molecule has 0 rings (SSSR count). The summed E-state index contributed by atoms with van der Waals surface area (Å²) in [6.07, 6.45) is 1.33. The van der Waals surface area contributed by atoms with Gasteiger partial charge in [-0.1, -0.05) is 0 Å². The highest BCUT2D eigenvalue weighted by atomic mass is 16.5. The lowest BCUT2D eigenvalue weighted by Gasteiger charge is -2.29. The van der Waals surface area contributed by atoms with Crippen molar-refractivity contribution in [1.29, 1.82) is 0 Å². The van der Waals surface area contributed by atoms with Crippen LogP contribution in [0.5, 0.6) is 0 Å². The zero-order valence-electron chi connectivity index (χ0n) is 13.8. The number of carbonyl (C=O) groups excluding carboxylic acids is 1. The van der Waals surface area contributed by atoms with E-state index < -0.39 is 5.97 Å². The van der Waals surface area contributed by atoms with Gasteiger partial charge in [0.1, 0.15) is 0 Å². The Morgan fingerprint density at radius 3 is 2.19 bits per heavy atom. The number of carbonyl (C=O) groups is 2. The number of methoxy groups -OCH3 is 1. The standard InChI is InChI=1S/C15H29NO5/c1-14(2,20-5)9-11-21-15(3,4)8-10-16-12(17)6-7-13(18)19/h6-11H2,1-5H3,(H,16,17)(H,18,19). The molecule has 6 heteroatoms. The van der Waals surface area contributed by atoms with Gasteiger partial charge in [-0.05, 0) is 40.5 Å². The molecule has 0 aliphatic heterocycles. The van der Waals surface area contributed by atoms with Gasteiger partial charge in [-0.15, -0.1) is 0 Å². The van der Waals surface area contributed by atoms with Crippen LogP contribution in [0, 0.1) is 0 Å². The highest BCUT2D eigenvalue weighted by molar-refractivity contribution is 5.80. The Morgan fingerprint density at radius 2 is 1.67 bits per heavy atom. The third kappa shape index (κ3) is 11.2. The van der Waals surface area contributed by atoms with Crippen molar-refractivity contribution < 1.29 is 24.2 Å². The number of hydrogen-bond acceptors (Lipinski definition) is 4. The Morgan fingerprint density at radius 1 is 1.05 bits per heavy atom. The number of aliphatic carboxylic acids is 1. The van der Waals surface area contributed by atoms with Crippen LogP contribution in [0.2, 0.25) is 0 Å². The van der Waals surface area contributed by atoms with Crippen molar-refractivity contribution in [2.24, 2.45) is 0 Å². The highest BCUT2D eigenvalue weighted by Crippen LogP contribution is 2.18. The van der Waals surface area contributed by atoms with Gasteiger partial charge < -0.3 is 19.9 Å². The van der Waals surface area contributed by atoms with E-state index in [0.717, 1.165) is 6.42 Å². The van der Waals surface area contributed by atoms with Gasteiger partial charge in [-0.25, -0.2) is 0 Å². The maximum Gasteiger partial charge on any atom is 0.303 e. The Labute approximate surface area is 127 Å². The molecule has 6 nitrogen and oxygen atoms in total. The molecule has 0 unspecified atom stereocenters. The van der Waals surface area contributed by atoms with Gasteiger partial charge in [0.15, 0.2) is 0 Å². The number of amides is 1. The fourth-order valence-electron chi connectivity index (χ4n) is 1.56. The van der Waals surface area contributed by atoms with E-state index in [2.05, 4.69) is 5.32 Å². The SMILES string of the molecule is COC(C)(C)CCOC(C)(C)CCNC(=O)CCC(=O)O. The van der Waals surface area contributed by atoms with E-state index >= 15 is 0 Å². The smallest absolute Gasteiger partial charge is 0.303 e. The van der Waals surface area contributed by atoms with Crippen molar-refractivity contribution in [2.45, 2.75) is 64.6 Å². The van der Waals surface area contributed by atoms with Gasteiger partial charge in [-0.2, -0.15) is 0 Å². The molecule has 124 valence electrons. The quantitative estimate of drug-likeness (QED) is 0.609. The van der Waals surface area contributed by atoms with E-state index in [1.165, 1.54) is 0 Å². The maximum atomic E-state index is 11.4. The van der Waals surface area contributed by atoms with Crippen LogP contribution in [0.25, 0.3) is 0 Å². The summed E-state index contributed by atoms with van der Waals surface area (Å²) >= 11 is 0. The molecule has 1 amide bonds. The predicted molar refractivity (Wildman–Crippen MR) is 80.2 cm³/mol. The van der Waals surface area contributed by atoms with E-state index in [0.29, 0.717) is 19.6 Å². The minimum atomic E-state index is -0.963. The molecule has 0 aromatic rings. The van der Waals surface area contributed by atoms with Gasteiger partial charge >= 0.3 is 5.97 Å². The second-order valence-electron chi connectivity index (χ2n) is 6.32. The molecule has 0 spiro atoms. The molecule has 0 aromatic heterocycles. The number of carboxylic acid groups (broad SMARTS) is 1. The number of hydrogen-bond donors (Lipinski definition) is 2. The van der Waals surface area contributed by atoms with Crippen molar-refractivity contribution >= 4 is 11.9 Å². The molecule has 0 aromatic carbocycles.